The smallest absolute Gasteiger partial charge is 0.229 e. The van der Waals surface area contributed by atoms with Gasteiger partial charge in [0.05, 0.1) is 11.7 Å². The van der Waals surface area contributed by atoms with Gasteiger partial charge < -0.3 is 26.4 Å². The fourth-order valence-electron chi connectivity index (χ4n) is 3.30. The van der Waals surface area contributed by atoms with Gasteiger partial charge in [0.2, 0.25) is 5.95 Å². The fourth-order valence-corrected chi connectivity index (χ4v) is 3.50. The predicted molar refractivity (Wildman–Crippen MR) is 140 cm³/mol. The van der Waals surface area contributed by atoms with E-state index < -0.39 is 5.82 Å². The first-order valence-electron chi connectivity index (χ1n) is 10.8. The van der Waals surface area contributed by atoms with Gasteiger partial charge in [0.1, 0.15) is 17.4 Å². The quantitative estimate of drug-likeness (QED) is 0.212. The van der Waals surface area contributed by atoms with Gasteiger partial charge in [-0.25, -0.2) is 9.37 Å². The van der Waals surface area contributed by atoms with E-state index in [4.69, 9.17) is 17.3 Å². The minimum absolute atomic E-state index is 0.165. The third-order valence-corrected chi connectivity index (χ3v) is 5.47. The Kier molecular flexibility index (Phi) is 8.46. The van der Waals surface area contributed by atoms with Crippen LogP contribution < -0.4 is 21.3 Å². The van der Waals surface area contributed by atoms with E-state index in [1.165, 1.54) is 12.1 Å². The lowest BCUT2D eigenvalue weighted by Crippen LogP contribution is -2.28. The molecule has 0 bridgehead atoms. The number of allylic oxidation sites excluding steroid dienone is 1. The van der Waals surface area contributed by atoms with Crippen LogP contribution in [-0.4, -0.2) is 21.6 Å². The summed E-state index contributed by atoms with van der Waals surface area (Å²) in [5.74, 6) is 0.00430. The molecule has 9 heteroatoms. The highest BCUT2D eigenvalue weighted by molar-refractivity contribution is 6.30. The average molecular weight is 495 g/mol. The van der Waals surface area contributed by atoms with Gasteiger partial charge in [0.15, 0.2) is 0 Å². The third-order valence-electron chi connectivity index (χ3n) is 5.24. The first-order chi connectivity index (χ1) is 16.7. The molecule has 1 aromatic heterocycles. The number of phenols is 1. The van der Waals surface area contributed by atoms with Gasteiger partial charge in [0.25, 0.3) is 0 Å². The molecule has 1 unspecified atom stereocenters. The molecule has 0 saturated carbocycles. The first kappa shape index (κ1) is 25.7. The summed E-state index contributed by atoms with van der Waals surface area (Å²) in [6.07, 6.45) is 5.09. The summed E-state index contributed by atoms with van der Waals surface area (Å²) in [6.45, 7) is 12.2. The Bertz CT molecular complexity index is 1260. The number of halogens is 2. The minimum Gasteiger partial charge on any atom is -0.506 e. The van der Waals surface area contributed by atoms with Crippen LogP contribution >= 0.6 is 11.6 Å². The van der Waals surface area contributed by atoms with Gasteiger partial charge in [-0.3, -0.25) is 0 Å². The summed E-state index contributed by atoms with van der Waals surface area (Å²) in [7, 11) is 0. The van der Waals surface area contributed by atoms with E-state index in [1.54, 1.807) is 17.3 Å². The molecule has 5 N–H and O–H groups in total. The molecule has 0 aliphatic rings. The largest absolute Gasteiger partial charge is 0.506 e. The lowest BCUT2D eigenvalue weighted by Gasteiger charge is -2.23. The van der Waals surface area contributed by atoms with Gasteiger partial charge in [0, 0.05) is 47.5 Å². The van der Waals surface area contributed by atoms with Crippen molar-refractivity contribution in [1.82, 2.24) is 15.3 Å². The van der Waals surface area contributed by atoms with E-state index in [0.29, 0.717) is 23.1 Å². The van der Waals surface area contributed by atoms with Crippen LogP contribution in [-0.2, 0) is 0 Å². The predicted octanol–water partition coefficient (Wildman–Crippen LogP) is 5.68. The number of hydrogen-bond acceptors (Lipinski definition) is 7. The maximum Gasteiger partial charge on any atom is 0.229 e. The van der Waals surface area contributed by atoms with Crippen molar-refractivity contribution >= 4 is 29.1 Å². The van der Waals surface area contributed by atoms with Crippen LogP contribution in [0.15, 0.2) is 85.5 Å². The molecular weight excluding hydrogens is 467 g/mol. The summed E-state index contributed by atoms with van der Waals surface area (Å²) in [6, 6.07) is 11.0. The fraction of sp³-hybridized carbons (Fsp3) is 0.154. The summed E-state index contributed by atoms with van der Waals surface area (Å²) < 4.78 is 13.3. The maximum absolute atomic E-state index is 13.3. The van der Waals surface area contributed by atoms with Crippen LogP contribution in [0, 0.1) is 12.7 Å². The Hall–Kier alpha value is -3.88. The lowest BCUT2D eigenvalue weighted by atomic mass is 10.1. The summed E-state index contributed by atoms with van der Waals surface area (Å²) >= 11 is 6.13. The second kappa shape index (κ2) is 11.5. The normalized spacial score (nSPS) is 12.1. The molecule has 1 atom stereocenters. The molecule has 0 aliphatic heterocycles. The van der Waals surface area contributed by atoms with Gasteiger partial charge in [-0.15, -0.1) is 0 Å². The van der Waals surface area contributed by atoms with E-state index in [2.05, 4.69) is 33.8 Å². The van der Waals surface area contributed by atoms with Gasteiger partial charge in [-0.2, -0.15) is 4.98 Å². The molecule has 0 fully saturated rings. The molecular formula is C26H28ClFN6O. The van der Waals surface area contributed by atoms with Crippen molar-refractivity contribution in [3.05, 3.63) is 107 Å². The molecule has 1 heterocycles. The van der Waals surface area contributed by atoms with Crippen LogP contribution in [0.1, 0.15) is 24.1 Å². The molecule has 7 nitrogen and oxygen atoms in total. The first-order valence-corrected chi connectivity index (χ1v) is 11.2. The van der Waals surface area contributed by atoms with Crippen molar-refractivity contribution in [2.24, 2.45) is 5.73 Å². The molecule has 0 amide bonds. The zero-order valence-electron chi connectivity index (χ0n) is 19.6. The number of aryl methyl sites for hydroxylation is 1. The van der Waals surface area contributed by atoms with Gasteiger partial charge in [-0.05, 0) is 49.2 Å². The summed E-state index contributed by atoms with van der Waals surface area (Å²) in [4.78, 5) is 10.5. The molecule has 3 rings (SSSR count). The van der Waals surface area contributed by atoms with Crippen molar-refractivity contribution in [2.45, 2.75) is 19.9 Å². The van der Waals surface area contributed by atoms with Gasteiger partial charge in [-0.1, -0.05) is 36.9 Å². The van der Waals surface area contributed by atoms with Crippen LogP contribution in [0.2, 0.25) is 5.02 Å². The number of anilines is 3. The molecule has 182 valence electrons. The van der Waals surface area contributed by atoms with Crippen LogP contribution in [0.25, 0.3) is 0 Å². The highest BCUT2D eigenvalue weighted by atomic mass is 35.5. The van der Waals surface area contributed by atoms with Crippen LogP contribution in [0.3, 0.4) is 0 Å². The maximum atomic E-state index is 13.3. The van der Waals surface area contributed by atoms with E-state index in [9.17, 15) is 9.50 Å². The Balaban J connectivity index is 1.81. The van der Waals surface area contributed by atoms with Crippen molar-refractivity contribution in [1.29, 1.82) is 0 Å². The SMILES string of the molecule is C=CN(/C=C(\C)C(=C)NC(CN)c1cccc(Cl)c1)c1nc(Nc2ccc(F)cc2O)ncc1C. The Morgan fingerprint density at radius 2 is 2.09 bits per heavy atom. The molecule has 3 aromatic rings. The zero-order valence-corrected chi connectivity index (χ0v) is 20.4. The third kappa shape index (κ3) is 6.59. The topological polar surface area (TPSA) is 99.3 Å². The molecule has 35 heavy (non-hydrogen) atoms. The number of rotatable bonds is 10. The standard InChI is InChI=1S/C26H28ClFN6O/c1-5-34(15-17(3)18(4)31-23(13-29)19-7-6-8-20(27)11-19)25-16(2)14-30-26(33-25)32-22-10-9-21(28)12-24(22)35/h5-12,14-15,23,31,35H,1,4,13,29H2,2-3H3,(H,30,32,33)/b17-15+. The lowest BCUT2D eigenvalue weighted by molar-refractivity contribution is 0.471. The second-order valence-corrected chi connectivity index (χ2v) is 8.29. The van der Waals surface area contributed by atoms with E-state index in [0.717, 1.165) is 22.8 Å². The minimum atomic E-state index is -0.543. The average Bonchev–Trinajstić information content (AvgIpc) is 2.83. The molecule has 2 aromatic carbocycles. The van der Waals surface area contributed by atoms with Crippen molar-refractivity contribution in [3.8, 4) is 5.75 Å². The number of benzene rings is 2. The van der Waals surface area contributed by atoms with Crippen molar-refractivity contribution in [2.75, 3.05) is 16.8 Å². The van der Waals surface area contributed by atoms with Crippen molar-refractivity contribution < 1.29 is 9.50 Å². The number of nitrogens with zero attached hydrogens (tertiary/aromatic N) is 3. The number of aromatic nitrogens is 2. The number of aromatic hydroxyl groups is 1. The van der Waals surface area contributed by atoms with E-state index in [1.807, 2.05) is 44.3 Å². The number of hydrogen-bond donors (Lipinski definition) is 4. The van der Waals surface area contributed by atoms with Crippen LogP contribution in [0.4, 0.5) is 21.8 Å². The van der Waals surface area contributed by atoms with Crippen LogP contribution in [0.5, 0.6) is 5.75 Å². The molecule has 0 saturated heterocycles. The second-order valence-electron chi connectivity index (χ2n) is 7.85. The highest BCUT2D eigenvalue weighted by Crippen LogP contribution is 2.28. The summed E-state index contributed by atoms with van der Waals surface area (Å²) in [5.41, 5.74) is 9.52. The Morgan fingerprint density at radius 3 is 2.74 bits per heavy atom. The molecule has 0 radical (unpaired) electrons. The van der Waals surface area contributed by atoms with Gasteiger partial charge >= 0.3 is 0 Å². The highest BCUT2D eigenvalue weighted by Gasteiger charge is 2.14. The molecule has 0 aliphatic carbocycles. The Labute approximate surface area is 209 Å². The molecule has 0 spiro atoms. The number of nitrogens with one attached hydrogen (secondary N) is 2. The monoisotopic (exact) mass is 494 g/mol. The zero-order chi connectivity index (χ0) is 25.5. The van der Waals surface area contributed by atoms with E-state index in [-0.39, 0.29) is 23.4 Å². The Morgan fingerprint density at radius 1 is 1.31 bits per heavy atom. The van der Waals surface area contributed by atoms with E-state index >= 15 is 0 Å². The number of nitrogens with two attached hydrogens (primary N) is 1. The summed E-state index contributed by atoms with van der Waals surface area (Å²) in [5, 5.41) is 16.9. The van der Waals surface area contributed by atoms with Crippen molar-refractivity contribution in [3.63, 3.8) is 0 Å². The number of phenolic OH excluding ortho intramolecular Hbond substituents is 1.